The van der Waals surface area contributed by atoms with Crippen LogP contribution < -0.4 is 10.5 Å². The molecule has 1 aromatic rings. The first kappa shape index (κ1) is 12.8. The van der Waals surface area contributed by atoms with Crippen LogP contribution in [-0.4, -0.2) is 33.5 Å². The Labute approximate surface area is 116 Å². The Kier molecular flexibility index (Phi) is 3.43. The standard InChI is InChI=1S/C13H19N3O2S/c1-15(9-5-3-2-4-6-9)10-11(17)14-13-16(12(10)18)7-8-19-13/h9,17H,2-8H2,1H3. The molecule has 1 saturated carbocycles. The molecule has 5 nitrogen and oxygen atoms in total. The van der Waals surface area contributed by atoms with Crippen molar-refractivity contribution in [2.45, 2.75) is 49.8 Å². The van der Waals surface area contributed by atoms with Crippen LogP contribution in [0.25, 0.3) is 0 Å². The summed E-state index contributed by atoms with van der Waals surface area (Å²) in [6.07, 6.45) is 5.85. The summed E-state index contributed by atoms with van der Waals surface area (Å²) in [5.74, 6) is 0.747. The summed E-state index contributed by atoms with van der Waals surface area (Å²) < 4.78 is 1.68. The molecular weight excluding hydrogens is 262 g/mol. The van der Waals surface area contributed by atoms with E-state index >= 15 is 0 Å². The van der Waals surface area contributed by atoms with Crippen LogP contribution in [0.4, 0.5) is 5.69 Å². The van der Waals surface area contributed by atoms with Crippen LogP contribution in [0.2, 0.25) is 0 Å². The maximum absolute atomic E-state index is 12.5. The zero-order valence-corrected chi connectivity index (χ0v) is 11.9. The Morgan fingerprint density at radius 1 is 1.37 bits per heavy atom. The van der Waals surface area contributed by atoms with Gasteiger partial charge in [-0.05, 0) is 12.8 Å². The summed E-state index contributed by atoms with van der Waals surface area (Å²) in [5.41, 5.74) is 0.277. The van der Waals surface area contributed by atoms with Gasteiger partial charge in [0, 0.05) is 25.4 Å². The minimum Gasteiger partial charge on any atom is -0.492 e. The predicted octanol–water partition coefficient (Wildman–Crippen LogP) is 1.82. The molecule has 2 heterocycles. The second-order valence-electron chi connectivity index (χ2n) is 5.27. The van der Waals surface area contributed by atoms with E-state index < -0.39 is 0 Å². The van der Waals surface area contributed by atoms with Crippen molar-refractivity contribution in [3.8, 4) is 5.88 Å². The molecule has 1 N–H and O–H groups in total. The smallest absolute Gasteiger partial charge is 0.281 e. The van der Waals surface area contributed by atoms with Crippen molar-refractivity contribution >= 4 is 17.4 Å². The van der Waals surface area contributed by atoms with Crippen LogP contribution in [0.15, 0.2) is 9.95 Å². The van der Waals surface area contributed by atoms with Gasteiger partial charge in [-0.2, -0.15) is 4.98 Å². The fraction of sp³-hybridized carbons (Fsp3) is 0.692. The van der Waals surface area contributed by atoms with Crippen molar-refractivity contribution in [1.29, 1.82) is 0 Å². The molecule has 0 aromatic carbocycles. The summed E-state index contributed by atoms with van der Waals surface area (Å²) in [7, 11) is 1.91. The largest absolute Gasteiger partial charge is 0.492 e. The van der Waals surface area contributed by atoms with E-state index in [2.05, 4.69) is 4.98 Å². The first-order valence-electron chi connectivity index (χ1n) is 6.88. The van der Waals surface area contributed by atoms with Gasteiger partial charge in [0.25, 0.3) is 5.56 Å². The minimum atomic E-state index is -0.112. The molecule has 1 aliphatic heterocycles. The third-order valence-corrected chi connectivity index (χ3v) is 5.07. The van der Waals surface area contributed by atoms with Crippen molar-refractivity contribution in [3.63, 3.8) is 0 Å². The van der Waals surface area contributed by atoms with Gasteiger partial charge in [0.05, 0.1) is 0 Å². The third kappa shape index (κ3) is 2.22. The van der Waals surface area contributed by atoms with Gasteiger partial charge >= 0.3 is 0 Å². The van der Waals surface area contributed by atoms with Crippen LogP contribution in [0.5, 0.6) is 5.88 Å². The van der Waals surface area contributed by atoms with E-state index in [1.807, 2.05) is 11.9 Å². The van der Waals surface area contributed by atoms with Gasteiger partial charge in [0.2, 0.25) is 5.88 Å². The lowest BCUT2D eigenvalue weighted by Gasteiger charge is -2.32. The Hall–Kier alpha value is -1.17. The van der Waals surface area contributed by atoms with Crippen molar-refractivity contribution in [1.82, 2.24) is 9.55 Å². The summed E-state index contributed by atoms with van der Waals surface area (Å²) >= 11 is 1.53. The molecule has 1 fully saturated rings. The molecule has 1 aliphatic carbocycles. The molecule has 0 spiro atoms. The molecule has 2 aliphatic rings. The average Bonchev–Trinajstić information content (AvgIpc) is 2.88. The van der Waals surface area contributed by atoms with E-state index in [0.717, 1.165) is 18.6 Å². The highest BCUT2D eigenvalue weighted by atomic mass is 32.2. The normalized spacial score (nSPS) is 19.4. The third-order valence-electron chi connectivity index (χ3n) is 4.11. The second kappa shape index (κ2) is 5.07. The van der Waals surface area contributed by atoms with E-state index in [1.54, 1.807) is 4.57 Å². The first-order valence-corrected chi connectivity index (χ1v) is 7.86. The number of nitrogens with zero attached hydrogens (tertiary/aromatic N) is 3. The molecule has 3 rings (SSSR count). The Balaban J connectivity index is 1.98. The number of aromatic nitrogens is 2. The van der Waals surface area contributed by atoms with E-state index in [1.165, 1.54) is 31.0 Å². The van der Waals surface area contributed by atoms with Gasteiger partial charge in [-0.1, -0.05) is 31.0 Å². The molecule has 0 radical (unpaired) electrons. The van der Waals surface area contributed by atoms with Crippen molar-refractivity contribution in [2.24, 2.45) is 0 Å². The number of hydrogen-bond acceptors (Lipinski definition) is 5. The van der Waals surface area contributed by atoms with Gasteiger partial charge in [-0.25, -0.2) is 0 Å². The first-order chi connectivity index (χ1) is 9.18. The van der Waals surface area contributed by atoms with Crippen LogP contribution in [0, 0.1) is 0 Å². The SMILES string of the molecule is CN(c1c(O)nc2n(c1=O)CCS2)C1CCCCC1. The van der Waals surface area contributed by atoms with Crippen LogP contribution in [0.1, 0.15) is 32.1 Å². The number of thioether (sulfide) groups is 1. The van der Waals surface area contributed by atoms with Gasteiger partial charge in [-0.15, -0.1) is 0 Å². The number of anilines is 1. The fourth-order valence-electron chi connectivity index (χ4n) is 3.01. The van der Waals surface area contributed by atoms with Gasteiger partial charge < -0.3 is 10.0 Å². The van der Waals surface area contributed by atoms with Crippen LogP contribution in [0.3, 0.4) is 0 Å². The van der Waals surface area contributed by atoms with Crippen molar-refractivity contribution in [2.75, 3.05) is 17.7 Å². The highest BCUT2D eigenvalue weighted by molar-refractivity contribution is 7.99. The average molecular weight is 281 g/mol. The van der Waals surface area contributed by atoms with E-state index in [4.69, 9.17) is 0 Å². The van der Waals surface area contributed by atoms with E-state index in [-0.39, 0.29) is 11.4 Å². The number of aromatic hydroxyl groups is 1. The molecule has 0 amide bonds. The van der Waals surface area contributed by atoms with Crippen molar-refractivity contribution < 1.29 is 5.11 Å². The van der Waals surface area contributed by atoms with Crippen LogP contribution in [-0.2, 0) is 6.54 Å². The summed E-state index contributed by atoms with van der Waals surface area (Å²) in [6, 6.07) is 0.349. The molecule has 0 atom stereocenters. The summed E-state index contributed by atoms with van der Waals surface area (Å²) in [4.78, 5) is 18.6. The molecule has 0 unspecified atom stereocenters. The maximum Gasteiger partial charge on any atom is 0.281 e. The van der Waals surface area contributed by atoms with Crippen LogP contribution >= 0.6 is 11.8 Å². The molecule has 104 valence electrons. The molecule has 19 heavy (non-hydrogen) atoms. The summed E-state index contributed by atoms with van der Waals surface area (Å²) in [5, 5.41) is 10.7. The second-order valence-corrected chi connectivity index (χ2v) is 6.34. The minimum absolute atomic E-state index is 0.0967. The number of rotatable bonds is 2. The lowest BCUT2D eigenvalue weighted by Crippen LogP contribution is -2.38. The number of hydrogen-bond donors (Lipinski definition) is 1. The monoisotopic (exact) mass is 281 g/mol. The highest BCUT2D eigenvalue weighted by Gasteiger charge is 2.27. The number of fused-ring (bicyclic) bond motifs is 1. The lowest BCUT2D eigenvalue weighted by atomic mass is 9.94. The zero-order valence-electron chi connectivity index (χ0n) is 11.1. The molecule has 1 aromatic heterocycles. The zero-order chi connectivity index (χ0) is 13.4. The Morgan fingerprint density at radius 2 is 2.11 bits per heavy atom. The van der Waals surface area contributed by atoms with Crippen molar-refractivity contribution in [3.05, 3.63) is 10.4 Å². The van der Waals surface area contributed by atoms with E-state index in [0.29, 0.717) is 23.4 Å². The molecule has 6 heteroatoms. The summed E-state index contributed by atoms with van der Waals surface area (Å²) in [6.45, 7) is 0.692. The lowest BCUT2D eigenvalue weighted by molar-refractivity contribution is 0.407. The predicted molar refractivity (Wildman–Crippen MR) is 76.2 cm³/mol. The van der Waals surface area contributed by atoms with Gasteiger partial charge in [-0.3, -0.25) is 9.36 Å². The van der Waals surface area contributed by atoms with E-state index in [9.17, 15) is 9.90 Å². The highest BCUT2D eigenvalue weighted by Crippen LogP contribution is 2.31. The maximum atomic E-state index is 12.5. The topological polar surface area (TPSA) is 58.4 Å². The Morgan fingerprint density at radius 3 is 2.84 bits per heavy atom. The van der Waals surface area contributed by atoms with Gasteiger partial charge in [0.15, 0.2) is 10.8 Å². The Bertz CT molecular complexity index is 537. The molecular formula is C13H19N3O2S. The quantitative estimate of drug-likeness (QED) is 0.838. The molecule has 0 saturated heterocycles. The fourth-order valence-corrected chi connectivity index (χ4v) is 3.95. The van der Waals surface area contributed by atoms with Gasteiger partial charge in [0.1, 0.15) is 0 Å². The molecule has 0 bridgehead atoms.